The Morgan fingerprint density at radius 1 is 1.44 bits per heavy atom. The molecule has 1 amide bonds. The highest BCUT2D eigenvalue weighted by Gasteiger charge is 2.27. The van der Waals surface area contributed by atoms with Crippen LogP contribution < -0.4 is 0 Å². The van der Waals surface area contributed by atoms with Gasteiger partial charge in [-0.3, -0.25) is 4.79 Å². The second-order valence-electron chi connectivity index (χ2n) is 4.39. The minimum Gasteiger partial charge on any atom is -0.335 e. The lowest BCUT2D eigenvalue weighted by molar-refractivity contribution is 0.0703. The molecule has 1 aliphatic heterocycles. The second-order valence-corrected chi connectivity index (χ2v) is 7.33. The molecule has 0 aliphatic carbocycles. The summed E-state index contributed by atoms with van der Waals surface area (Å²) in [7, 11) is 0. The molecule has 0 bridgehead atoms. The Kier molecular flexibility index (Phi) is 5.36. The summed E-state index contributed by atoms with van der Waals surface area (Å²) >= 11 is 16.7. The van der Waals surface area contributed by atoms with Gasteiger partial charge in [0, 0.05) is 17.9 Å². The van der Waals surface area contributed by atoms with Crippen molar-refractivity contribution in [2.75, 3.05) is 11.9 Å². The van der Waals surface area contributed by atoms with E-state index in [2.05, 4.69) is 15.9 Å². The van der Waals surface area contributed by atoms with Crippen molar-refractivity contribution in [1.29, 1.82) is 0 Å². The number of likely N-dealkylation sites (tertiary alicyclic amines) is 1. The molecule has 0 N–H and O–H groups in total. The summed E-state index contributed by atoms with van der Waals surface area (Å²) in [6, 6.07) is 1.93. The third-order valence-electron chi connectivity index (χ3n) is 3.20. The largest absolute Gasteiger partial charge is 0.335 e. The topological polar surface area (TPSA) is 20.3 Å². The van der Waals surface area contributed by atoms with Crippen LogP contribution in [0.15, 0.2) is 6.07 Å². The van der Waals surface area contributed by atoms with Crippen molar-refractivity contribution in [3.8, 4) is 0 Å². The van der Waals surface area contributed by atoms with E-state index in [1.165, 1.54) is 24.2 Å². The van der Waals surface area contributed by atoms with Crippen LogP contribution >= 0.6 is 50.5 Å². The van der Waals surface area contributed by atoms with E-state index in [-0.39, 0.29) is 11.9 Å². The number of hydrogen-bond donors (Lipinski definition) is 0. The molecule has 0 saturated carbocycles. The van der Waals surface area contributed by atoms with Gasteiger partial charge in [0.25, 0.3) is 5.91 Å². The highest BCUT2D eigenvalue weighted by atomic mass is 79.9. The summed E-state index contributed by atoms with van der Waals surface area (Å²) in [6.07, 6.45) is 4.47. The molecule has 100 valence electrons. The first-order valence-corrected chi connectivity index (χ1v) is 8.64. The number of nitrogens with zero attached hydrogens (tertiary/aromatic N) is 1. The lowest BCUT2D eigenvalue weighted by atomic mass is 10.1. The number of amides is 1. The molecule has 6 heteroatoms. The average molecular weight is 371 g/mol. The van der Waals surface area contributed by atoms with Gasteiger partial charge in [0.2, 0.25) is 0 Å². The Morgan fingerprint density at radius 3 is 2.83 bits per heavy atom. The van der Waals surface area contributed by atoms with Gasteiger partial charge in [-0.05, 0) is 18.9 Å². The predicted molar refractivity (Wildman–Crippen MR) is 81.4 cm³/mol. The number of thiophene rings is 1. The van der Waals surface area contributed by atoms with Crippen LogP contribution in [0.1, 0.15) is 36.0 Å². The number of alkyl halides is 1. The highest BCUT2D eigenvalue weighted by molar-refractivity contribution is 9.09. The summed E-state index contributed by atoms with van der Waals surface area (Å²) in [4.78, 5) is 14.5. The second kappa shape index (κ2) is 6.60. The van der Waals surface area contributed by atoms with E-state index in [4.69, 9.17) is 23.2 Å². The van der Waals surface area contributed by atoms with Crippen LogP contribution in [-0.4, -0.2) is 28.7 Å². The summed E-state index contributed by atoms with van der Waals surface area (Å²) in [6.45, 7) is 0.804. The van der Waals surface area contributed by atoms with Gasteiger partial charge in [-0.15, -0.1) is 11.3 Å². The zero-order valence-electron chi connectivity index (χ0n) is 9.79. The molecular weight excluding hydrogens is 357 g/mol. The van der Waals surface area contributed by atoms with Gasteiger partial charge in [0.1, 0.15) is 4.34 Å². The van der Waals surface area contributed by atoms with E-state index in [9.17, 15) is 4.79 Å². The average Bonchev–Trinajstić information content (AvgIpc) is 2.56. The molecule has 1 saturated heterocycles. The van der Waals surface area contributed by atoms with Crippen molar-refractivity contribution < 1.29 is 4.79 Å². The lowest BCUT2D eigenvalue weighted by Gasteiger charge is -2.28. The van der Waals surface area contributed by atoms with Crippen molar-refractivity contribution >= 4 is 56.4 Å². The summed E-state index contributed by atoms with van der Waals surface area (Å²) < 4.78 is 1.05. The van der Waals surface area contributed by atoms with Crippen LogP contribution in [-0.2, 0) is 0 Å². The first-order chi connectivity index (χ1) is 8.63. The van der Waals surface area contributed by atoms with Crippen molar-refractivity contribution in [3.05, 3.63) is 20.3 Å². The van der Waals surface area contributed by atoms with E-state index in [1.807, 2.05) is 4.90 Å². The maximum absolute atomic E-state index is 12.5. The van der Waals surface area contributed by atoms with Crippen molar-refractivity contribution in [2.24, 2.45) is 0 Å². The molecule has 18 heavy (non-hydrogen) atoms. The monoisotopic (exact) mass is 369 g/mol. The maximum Gasteiger partial charge on any atom is 0.256 e. The number of carbonyl (C=O) groups excluding carboxylic acids is 1. The molecule has 1 atom stereocenters. The zero-order chi connectivity index (χ0) is 13.1. The maximum atomic E-state index is 12.5. The van der Waals surface area contributed by atoms with Crippen LogP contribution in [0.2, 0.25) is 8.67 Å². The molecule has 1 unspecified atom stereocenters. The zero-order valence-corrected chi connectivity index (χ0v) is 13.7. The van der Waals surface area contributed by atoms with E-state index in [1.54, 1.807) is 6.07 Å². The summed E-state index contributed by atoms with van der Waals surface area (Å²) in [5.74, 6) is 0.00880. The van der Waals surface area contributed by atoms with E-state index >= 15 is 0 Å². The highest BCUT2D eigenvalue weighted by Crippen LogP contribution is 2.33. The normalized spacial score (nSPS) is 20.8. The molecule has 2 heterocycles. The third kappa shape index (κ3) is 3.21. The fourth-order valence-electron chi connectivity index (χ4n) is 2.25. The summed E-state index contributed by atoms with van der Waals surface area (Å²) in [5, 5.41) is 0.814. The van der Waals surface area contributed by atoms with E-state index < -0.39 is 0 Å². The van der Waals surface area contributed by atoms with Gasteiger partial charge in [0.15, 0.2) is 0 Å². The van der Waals surface area contributed by atoms with E-state index in [0.717, 1.165) is 24.7 Å². The molecule has 1 aliphatic rings. The molecule has 0 spiro atoms. The molecule has 0 radical (unpaired) electrons. The van der Waals surface area contributed by atoms with Gasteiger partial charge in [0.05, 0.1) is 9.90 Å². The first-order valence-electron chi connectivity index (χ1n) is 5.95. The molecule has 1 fully saturated rings. The quantitative estimate of drug-likeness (QED) is 0.682. The van der Waals surface area contributed by atoms with Crippen LogP contribution in [0.25, 0.3) is 0 Å². The van der Waals surface area contributed by atoms with Crippen molar-refractivity contribution in [1.82, 2.24) is 4.90 Å². The Labute approximate surface area is 129 Å². The van der Waals surface area contributed by atoms with Crippen molar-refractivity contribution in [3.63, 3.8) is 0 Å². The Morgan fingerprint density at radius 2 is 2.22 bits per heavy atom. The van der Waals surface area contributed by atoms with Crippen LogP contribution in [0.4, 0.5) is 0 Å². The van der Waals surface area contributed by atoms with Gasteiger partial charge in [-0.1, -0.05) is 52.0 Å². The van der Waals surface area contributed by atoms with Crippen LogP contribution in [0, 0.1) is 0 Å². The van der Waals surface area contributed by atoms with Crippen LogP contribution in [0.3, 0.4) is 0 Å². The standard InChI is InChI=1S/C12H14BrCl2NOS/c13-7-8-4-2-1-3-5-16(8)12(17)9-6-10(14)18-11(9)15/h6,8H,1-5,7H2. The number of hydrogen-bond acceptors (Lipinski definition) is 2. The number of rotatable bonds is 2. The van der Waals surface area contributed by atoms with E-state index in [0.29, 0.717) is 14.2 Å². The van der Waals surface area contributed by atoms with Gasteiger partial charge < -0.3 is 4.90 Å². The predicted octanol–water partition coefficient (Wildman–Crippen LogP) is 4.83. The fourth-order valence-corrected chi connectivity index (χ4v) is 4.37. The first kappa shape index (κ1) is 14.6. The minimum atomic E-state index is 0.00880. The van der Waals surface area contributed by atoms with Gasteiger partial charge in [-0.2, -0.15) is 0 Å². The smallest absolute Gasteiger partial charge is 0.256 e. The SMILES string of the molecule is O=C(c1cc(Cl)sc1Cl)N1CCCCCC1CBr. The fraction of sp³-hybridized carbons (Fsp3) is 0.583. The summed E-state index contributed by atoms with van der Waals surface area (Å²) in [5.41, 5.74) is 0.541. The Bertz CT molecular complexity index is 438. The number of halogens is 3. The van der Waals surface area contributed by atoms with Gasteiger partial charge in [-0.25, -0.2) is 0 Å². The third-order valence-corrected chi connectivity index (χ3v) is 5.44. The molecule has 2 rings (SSSR count). The Hall–Kier alpha value is 0.230. The molecular formula is C12H14BrCl2NOS. The molecule has 1 aromatic heterocycles. The van der Waals surface area contributed by atoms with Gasteiger partial charge >= 0.3 is 0 Å². The minimum absolute atomic E-state index is 0.00880. The molecule has 2 nitrogen and oxygen atoms in total. The van der Waals surface area contributed by atoms with Crippen molar-refractivity contribution in [2.45, 2.75) is 31.7 Å². The Balaban J connectivity index is 2.22. The lowest BCUT2D eigenvalue weighted by Crippen LogP contribution is -2.40. The molecule has 0 aromatic carbocycles. The number of carbonyl (C=O) groups is 1. The molecule has 1 aromatic rings. The van der Waals surface area contributed by atoms with Crippen LogP contribution in [0.5, 0.6) is 0 Å².